The van der Waals surface area contributed by atoms with Gasteiger partial charge in [-0.3, -0.25) is 0 Å². The van der Waals surface area contributed by atoms with E-state index in [0.29, 0.717) is 5.92 Å². The Balaban J connectivity index is 1.79. The van der Waals surface area contributed by atoms with Crippen LogP contribution in [0, 0.1) is 0 Å². The second kappa shape index (κ2) is 4.32. The van der Waals surface area contributed by atoms with Crippen LogP contribution in [0.3, 0.4) is 0 Å². The predicted octanol–water partition coefficient (Wildman–Crippen LogP) is 3.82. The van der Waals surface area contributed by atoms with E-state index in [1.54, 1.807) is 0 Å². The van der Waals surface area contributed by atoms with Gasteiger partial charge in [-0.1, -0.05) is 30.2 Å². The van der Waals surface area contributed by atoms with E-state index < -0.39 is 0 Å². The van der Waals surface area contributed by atoms with Gasteiger partial charge in [-0.05, 0) is 43.4 Å². The van der Waals surface area contributed by atoms with Gasteiger partial charge >= 0.3 is 0 Å². The molecule has 0 N–H and O–H groups in total. The van der Waals surface area contributed by atoms with Gasteiger partial charge in [0, 0.05) is 18.0 Å². The van der Waals surface area contributed by atoms with Gasteiger partial charge in [0.1, 0.15) is 11.6 Å². The third kappa shape index (κ3) is 1.72. The van der Waals surface area contributed by atoms with Crippen molar-refractivity contribution in [3.05, 3.63) is 46.5 Å². The molecule has 0 saturated heterocycles. The van der Waals surface area contributed by atoms with Crippen LogP contribution >= 0.6 is 11.6 Å². The largest absolute Gasteiger partial charge is 0.317 e. The van der Waals surface area contributed by atoms with E-state index in [9.17, 15) is 0 Å². The third-order valence-electron chi connectivity index (χ3n) is 4.88. The van der Waals surface area contributed by atoms with E-state index in [4.69, 9.17) is 11.6 Å². The van der Waals surface area contributed by atoms with Crippen LogP contribution in [0.15, 0.2) is 24.3 Å². The molecule has 3 nitrogen and oxygen atoms in total. The van der Waals surface area contributed by atoms with Gasteiger partial charge in [-0.15, -0.1) is 10.2 Å². The molecule has 104 valence electrons. The van der Waals surface area contributed by atoms with Crippen LogP contribution in [0.5, 0.6) is 0 Å². The normalized spacial score (nSPS) is 20.7. The average Bonchev–Trinajstić information content (AvgIpc) is 3.16. The Kier molecular flexibility index (Phi) is 2.68. The molecule has 1 aromatic carbocycles. The van der Waals surface area contributed by atoms with Crippen molar-refractivity contribution in [2.24, 2.45) is 7.05 Å². The fourth-order valence-electron chi connectivity index (χ4n) is 3.40. The molecule has 0 atom stereocenters. The Morgan fingerprint density at radius 1 is 1.15 bits per heavy atom. The number of benzene rings is 1. The highest BCUT2D eigenvalue weighted by atomic mass is 35.5. The molecular formula is C16H18ClN3. The maximum atomic E-state index is 6.02. The zero-order chi connectivity index (χ0) is 13.7. The standard InChI is InChI=1S/C16H18ClN3/c1-20-14(11-3-4-11)18-19-15(20)16(9-2-10-16)12-5-7-13(17)8-6-12/h5-8,11H,2-4,9-10H2,1H3. The summed E-state index contributed by atoms with van der Waals surface area (Å²) in [5.41, 5.74) is 1.38. The first-order chi connectivity index (χ1) is 9.71. The predicted molar refractivity (Wildman–Crippen MR) is 79.1 cm³/mol. The molecule has 0 unspecified atom stereocenters. The summed E-state index contributed by atoms with van der Waals surface area (Å²) in [5, 5.41) is 9.80. The lowest BCUT2D eigenvalue weighted by Crippen LogP contribution is -2.38. The highest BCUT2D eigenvalue weighted by Gasteiger charge is 2.45. The number of hydrogen-bond donors (Lipinski definition) is 0. The second-order valence-electron chi connectivity index (χ2n) is 6.16. The summed E-state index contributed by atoms with van der Waals surface area (Å²) in [4.78, 5) is 0. The van der Waals surface area contributed by atoms with Crippen molar-refractivity contribution < 1.29 is 0 Å². The van der Waals surface area contributed by atoms with Gasteiger partial charge in [-0.25, -0.2) is 0 Å². The lowest BCUT2D eigenvalue weighted by molar-refractivity contribution is 0.277. The molecule has 1 heterocycles. The lowest BCUT2D eigenvalue weighted by atomic mass is 9.64. The fourth-order valence-corrected chi connectivity index (χ4v) is 3.52. The summed E-state index contributed by atoms with van der Waals surface area (Å²) in [6.45, 7) is 0. The van der Waals surface area contributed by atoms with Crippen LogP contribution in [0.1, 0.15) is 55.2 Å². The SMILES string of the molecule is Cn1c(C2CC2)nnc1C1(c2ccc(Cl)cc2)CCC1. The van der Waals surface area contributed by atoms with Gasteiger partial charge in [-0.2, -0.15) is 0 Å². The van der Waals surface area contributed by atoms with Crippen LogP contribution in [-0.4, -0.2) is 14.8 Å². The lowest BCUT2D eigenvalue weighted by Gasteiger charge is -2.41. The summed E-state index contributed by atoms with van der Waals surface area (Å²) in [6.07, 6.45) is 6.10. The maximum Gasteiger partial charge on any atom is 0.143 e. The number of rotatable bonds is 3. The first-order valence-corrected chi connectivity index (χ1v) is 7.74. The Labute approximate surface area is 124 Å². The Bertz CT molecular complexity index is 636. The van der Waals surface area contributed by atoms with Gasteiger partial charge < -0.3 is 4.57 Å². The van der Waals surface area contributed by atoms with E-state index in [0.717, 1.165) is 23.7 Å². The van der Waals surface area contributed by atoms with E-state index in [2.05, 4.69) is 33.9 Å². The van der Waals surface area contributed by atoms with Gasteiger partial charge in [0.15, 0.2) is 0 Å². The minimum atomic E-state index is 0.0550. The number of hydrogen-bond acceptors (Lipinski definition) is 2. The number of nitrogens with zero attached hydrogens (tertiary/aromatic N) is 3. The Hall–Kier alpha value is -1.35. The molecule has 2 fully saturated rings. The highest BCUT2D eigenvalue weighted by Crippen LogP contribution is 2.49. The van der Waals surface area contributed by atoms with E-state index in [1.807, 2.05) is 12.1 Å². The van der Waals surface area contributed by atoms with Crippen molar-refractivity contribution in [1.29, 1.82) is 0 Å². The topological polar surface area (TPSA) is 30.7 Å². The fraction of sp³-hybridized carbons (Fsp3) is 0.500. The molecule has 0 bridgehead atoms. The molecule has 2 aromatic rings. The molecule has 2 aliphatic carbocycles. The summed E-state index contributed by atoms with van der Waals surface area (Å²) < 4.78 is 2.24. The van der Waals surface area contributed by atoms with Crippen molar-refractivity contribution in [2.45, 2.75) is 43.4 Å². The summed E-state index contributed by atoms with van der Waals surface area (Å²) in [7, 11) is 2.12. The van der Waals surface area contributed by atoms with Crippen LogP contribution in [0.2, 0.25) is 5.02 Å². The van der Waals surface area contributed by atoms with Crippen molar-refractivity contribution in [1.82, 2.24) is 14.8 Å². The molecule has 0 aliphatic heterocycles. The molecule has 4 heteroatoms. The minimum Gasteiger partial charge on any atom is -0.317 e. The Morgan fingerprint density at radius 2 is 1.85 bits per heavy atom. The highest BCUT2D eigenvalue weighted by molar-refractivity contribution is 6.30. The summed E-state index contributed by atoms with van der Waals surface area (Å²) >= 11 is 6.02. The zero-order valence-corrected chi connectivity index (χ0v) is 12.4. The van der Waals surface area contributed by atoms with Crippen molar-refractivity contribution in [3.63, 3.8) is 0 Å². The van der Waals surface area contributed by atoms with Crippen molar-refractivity contribution >= 4 is 11.6 Å². The zero-order valence-electron chi connectivity index (χ0n) is 11.6. The molecular weight excluding hydrogens is 270 g/mol. The smallest absolute Gasteiger partial charge is 0.143 e. The van der Waals surface area contributed by atoms with Crippen molar-refractivity contribution in [2.75, 3.05) is 0 Å². The molecule has 0 spiro atoms. The molecule has 2 saturated carbocycles. The molecule has 4 rings (SSSR count). The summed E-state index contributed by atoms with van der Waals surface area (Å²) in [5.74, 6) is 2.94. The molecule has 1 aromatic heterocycles. The van der Waals surface area contributed by atoms with E-state index in [1.165, 1.54) is 30.7 Å². The molecule has 0 radical (unpaired) electrons. The van der Waals surface area contributed by atoms with Gasteiger partial charge in [0.25, 0.3) is 0 Å². The third-order valence-corrected chi connectivity index (χ3v) is 5.13. The quantitative estimate of drug-likeness (QED) is 0.859. The van der Waals surface area contributed by atoms with Crippen molar-refractivity contribution in [3.8, 4) is 0 Å². The summed E-state index contributed by atoms with van der Waals surface area (Å²) in [6, 6.07) is 8.25. The van der Waals surface area contributed by atoms with Gasteiger partial charge in [0.2, 0.25) is 0 Å². The van der Waals surface area contributed by atoms with Crippen LogP contribution in [0.25, 0.3) is 0 Å². The van der Waals surface area contributed by atoms with Crippen LogP contribution in [0.4, 0.5) is 0 Å². The first kappa shape index (κ1) is 12.4. The second-order valence-corrected chi connectivity index (χ2v) is 6.59. The number of halogens is 1. The number of aromatic nitrogens is 3. The monoisotopic (exact) mass is 287 g/mol. The van der Waals surface area contributed by atoms with Crippen LogP contribution in [-0.2, 0) is 12.5 Å². The maximum absolute atomic E-state index is 6.02. The van der Waals surface area contributed by atoms with E-state index >= 15 is 0 Å². The van der Waals surface area contributed by atoms with E-state index in [-0.39, 0.29) is 5.41 Å². The van der Waals surface area contributed by atoms with Gasteiger partial charge in [0.05, 0.1) is 5.41 Å². The molecule has 0 amide bonds. The molecule has 2 aliphatic rings. The van der Waals surface area contributed by atoms with Crippen LogP contribution < -0.4 is 0 Å². The average molecular weight is 288 g/mol. The Morgan fingerprint density at radius 3 is 2.40 bits per heavy atom. The minimum absolute atomic E-state index is 0.0550. The first-order valence-electron chi connectivity index (χ1n) is 7.36. The molecule has 20 heavy (non-hydrogen) atoms.